The molecule has 1 aliphatic heterocycles. The minimum atomic E-state index is -0.329. The maximum Gasteiger partial charge on any atom is 0.240 e. The van der Waals surface area contributed by atoms with E-state index in [1.165, 1.54) is 16.5 Å². The van der Waals surface area contributed by atoms with Crippen molar-refractivity contribution in [2.75, 3.05) is 32.7 Å². The van der Waals surface area contributed by atoms with E-state index in [1.54, 1.807) is 0 Å². The Labute approximate surface area is 234 Å². The van der Waals surface area contributed by atoms with E-state index >= 15 is 0 Å². The number of carbonyl (C=O) groups is 2. The predicted molar refractivity (Wildman–Crippen MR) is 155 cm³/mol. The van der Waals surface area contributed by atoms with Crippen molar-refractivity contribution in [3.8, 4) is 0 Å². The Morgan fingerprint density at radius 1 is 0.897 bits per heavy atom. The highest BCUT2D eigenvalue weighted by molar-refractivity contribution is 6.31. The van der Waals surface area contributed by atoms with Gasteiger partial charge in [-0.05, 0) is 28.8 Å². The summed E-state index contributed by atoms with van der Waals surface area (Å²) >= 11 is 6.52. The SMILES string of the molecule is NCCC(=O)NC(=O)CN1CCN(Cc2ccccc2)C(c2cn(Cc3ccccc3Cl)c3ccccc23)C1. The number of nitrogens with zero attached hydrogens (tertiary/aromatic N) is 3. The summed E-state index contributed by atoms with van der Waals surface area (Å²) in [5, 5.41) is 4.41. The van der Waals surface area contributed by atoms with E-state index in [2.05, 4.69) is 80.5 Å². The van der Waals surface area contributed by atoms with Crippen molar-refractivity contribution in [1.29, 1.82) is 0 Å². The van der Waals surface area contributed by atoms with E-state index in [9.17, 15) is 9.59 Å². The lowest BCUT2D eigenvalue weighted by molar-refractivity contribution is -0.131. The summed E-state index contributed by atoms with van der Waals surface area (Å²) in [6.45, 7) is 4.08. The lowest BCUT2D eigenvalue weighted by atomic mass is 10.0. The zero-order valence-electron chi connectivity index (χ0n) is 21.9. The van der Waals surface area contributed by atoms with Gasteiger partial charge in [-0.2, -0.15) is 0 Å². The molecule has 2 heterocycles. The summed E-state index contributed by atoms with van der Waals surface area (Å²) < 4.78 is 2.27. The predicted octanol–water partition coefficient (Wildman–Crippen LogP) is 4.19. The maximum absolute atomic E-state index is 12.6. The number of para-hydroxylation sites is 1. The normalized spacial score (nSPS) is 16.4. The van der Waals surface area contributed by atoms with E-state index in [4.69, 9.17) is 17.3 Å². The number of piperazine rings is 1. The van der Waals surface area contributed by atoms with Gasteiger partial charge in [-0.1, -0.05) is 78.3 Å². The molecule has 1 aliphatic rings. The second-order valence-electron chi connectivity index (χ2n) is 10.0. The molecule has 1 fully saturated rings. The molecule has 0 spiro atoms. The molecule has 8 heteroatoms. The number of benzene rings is 3. The monoisotopic (exact) mass is 543 g/mol. The highest BCUT2D eigenvalue weighted by Gasteiger charge is 2.31. The molecule has 1 atom stereocenters. The largest absolute Gasteiger partial charge is 0.343 e. The Morgan fingerprint density at radius 2 is 1.64 bits per heavy atom. The Morgan fingerprint density at radius 3 is 2.44 bits per heavy atom. The van der Waals surface area contributed by atoms with Crippen molar-refractivity contribution in [3.05, 3.63) is 107 Å². The van der Waals surface area contributed by atoms with Crippen LogP contribution in [0.1, 0.15) is 29.2 Å². The van der Waals surface area contributed by atoms with Crippen LogP contribution in [0.3, 0.4) is 0 Å². The first-order valence-electron chi connectivity index (χ1n) is 13.4. The fraction of sp³-hybridized carbons (Fsp3) is 0.290. The molecule has 2 amide bonds. The molecule has 1 saturated heterocycles. The summed E-state index contributed by atoms with van der Waals surface area (Å²) in [6.07, 6.45) is 2.38. The smallest absolute Gasteiger partial charge is 0.240 e. The number of nitrogens with two attached hydrogens (primary N) is 1. The number of nitrogens with one attached hydrogen (secondary N) is 1. The van der Waals surface area contributed by atoms with Crippen LogP contribution in [0.5, 0.6) is 0 Å². The third kappa shape index (κ3) is 6.57. The van der Waals surface area contributed by atoms with Gasteiger partial charge in [0.1, 0.15) is 0 Å². The first-order valence-corrected chi connectivity index (χ1v) is 13.7. The van der Waals surface area contributed by atoms with Gasteiger partial charge in [0.25, 0.3) is 0 Å². The molecular formula is C31H34ClN5O2. The van der Waals surface area contributed by atoms with E-state index in [0.29, 0.717) is 13.1 Å². The molecule has 0 aliphatic carbocycles. The van der Waals surface area contributed by atoms with Crippen molar-refractivity contribution < 1.29 is 9.59 Å². The second-order valence-corrected chi connectivity index (χ2v) is 10.4. The number of rotatable bonds is 9. The minimum absolute atomic E-state index is 0.0592. The van der Waals surface area contributed by atoms with E-state index in [0.717, 1.165) is 35.7 Å². The Bertz CT molecular complexity index is 1440. The van der Waals surface area contributed by atoms with Crippen LogP contribution in [0.4, 0.5) is 0 Å². The van der Waals surface area contributed by atoms with Crippen molar-refractivity contribution in [1.82, 2.24) is 19.7 Å². The van der Waals surface area contributed by atoms with E-state index < -0.39 is 0 Å². The number of hydrogen-bond acceptors (Lipinski definition) is 5. The first kappa shape index (κ1) is 27.1. The molecule has 39 heavy (non-hydrogen) atoms. The molecule has 3 aromatic carbocycles. The number of carbonyl (C=O) groups excluding carboxylic acids is 2. The molecular weight excluding hydrogens is 510 g/mol. The number of imide groups is 1. The van der Waals surface area contributed by atoms with Gasteiger partial charge < -0.3 is 10.3 Å². The molecule has 0 radical (unpaired) electrons. The Kier molecular flexibility index (Phi) is 8.74. The van der Waals surface area contributed by atoms with Gasteiger partial charge in [-0.3, -0.25) is 24.7 Å². The van der Waals surface area contributed by atoms with Crippen LogP contribution in [0, 0.1) is 0 Å². The van der Waals surface area contributed by atoms with Crippen LogP contribution in [-0.2, 0) is 22.7 Å². The van der Waals surface area contributed by atoms with Crippen molar-refractivity contribution >= 4 is 34.3 Å². The summed E-state index contributed by atoms with van der Waals surface area (Å²) in [5.41, 5.74) is 10.1. The fourth-order valence-electron chi connectivity index (χ4n) is 5.40. The second kappa shape index (κ2) is 12.6. The van der Waals surface area contributed by atoms with Gasteiger partial charge in [0.05, 0.1) is 12.6 Å². The van der Waals surface area contributed by atoms with Gasteiger partial charge in [-0.15, -0.1) is 0 Å². The summed E-state index contributed by atoms with van der Waals surface area (Å²) in [7, 11) is 0. The van der Waals surface area contributed by atoms with Crippen LogP contribution >= 0.6 is 11.6 Å². The number of halogens is 1. The van der Waals surface area contributed by atoms with Gasteiger partial charge in [-0.25, -0.2) is 0 Å². The van der Waals surface area contributed by atoms with E-state index in [1.807, 2.05) is 24.3 Å². The lowest BCUT2D eigenvalue weighted by Gasteiger charge is -2.41. The third-order valence-electron chi connectivity index (χ3n) is 7.30. The quantitative estimate of drug-likeness (QED) is 0.331. The number of aromatic nitrogens is 1. The minimum Gasteiger partial charge on any atom is -0.343 e. The van der Waals surface area contributed by atoms with Gasteiger partial charge >= 0.3 is 0 Å². The fourth-order valence-corrected chi connectivity index (χ4v) is 5.59. The van der Waals surface area contributed by atoms with Gasteiger partial charge in [0, 0.05) is 67.8 Å². The van der Waals surface area contributed by atoms with Crippen LogP contribution in [0.15, 0.2) is 85.1 Å². The lowest BCUT2D eigenvalue weighted by Crippen LogP contribution is -2.51. The van der Waals surface area contributed by atoms with Crippen LogP contribution < -0.4 is 11.1 Å². The average molecular weight is 544 g/mol. The average Bonchev–Trinajstić information content (AvgIpc) is 3.29. The highest BCUT2D eigenvalue weighted by atomic mass is 35.5. The molecule has 5 rings (SSSR count). The molecule has 202 valence electrons. The summed E-state index contributed by atoms with van der Waals surface area (Å²) in [4.78, 5) is 29.2. The standard InChI is InChI=1S/C31H34ClN5O2/c32-27-12-6-4-10-24(27)19-37-20-26(25-11-5-7-13-28(25)37)29-21-35(22-31(39)34-30(38)14-15-33)16-17-36(29)18-23-8-2-1-3-9-23/h1-13,20,29H,14-19,21-22,33H2,(H,34,38,39). The van der Waals surface area contributed by atoms with Crippen LogP contribution in [0.25, 0.3) is 10.9 Å². The maximum atomic E-state index is 12.6. The summed E-state index contributed by atoms with van der Waals surface area (Å²) in [5.74, 6) is -0.616. The molecule has 3 N–H and O–H groups in total. The van der Waals surface area contributed by atoms with Crippen LogP contribution in [0.2, 0.25) is 5.02 Å². The topological polar surface area (TPSA) is 83.6 Å². The first-order chi connectivity index (χ1) is 19.0. The molecule has 1 unspecified atom stereocenters. The van der Waals surface area contributed by atoms with Crippen molar-refractivity contribution in [2.24, 2.45) is 5.73 Å². The molecule has 0 bridgehead atoms. The van der Waals surface area contributed by atoms with Crippen molar-refractivity contribution in [2.45, 2.75) is 25.6 Å². The molecule has 7 nitrogen and oxygen atoms in total. The van der Waals surface area contributed by atoms with Gasteiger partial charge in [0.2, 0.25) is 11.8 Å². The zero-order valence-corrected chi connectivity index (χ0v) is 22.7. The van der Waals surface area contributed by atoms with Crippen molar-refractivity contribution in [3.63, 3.8) is 0 Å². The van der Waals surface area contributed by atoms with E-state index in [-0.39, 0.29) is 37.4 Å². The third-order valence-corrected chi connectivity index (χ3v) is 7.67. The number of fused-ring (bicyclic) bond motifs is 1. The Hall–Kier alpha value is -3.49. The highest BCUT2D eigenvalue weighted by Crippen LogP contribution is 2.34. The summed E-state index contributed by atoms with van der Waals surface area (Å²) in [6, 6.07) is 26.9. The molecule has 0 saturated carbocycles. The zero-order chi connectivity index (χ0) is 27.2. The van der Waals surface area contributed by atoms with Gasteiger partial charge in [0.15, 0.2) is 0 Å². The molecule has 1 aromatic heterocycles. The van der Waals surface area contributed by atoms with Crippen LogP contribution in [-0.4, -0.2) is 58.9 Å². The Balaban J connectivity index is 1.45. The number of amides is 2. The number of hydrogen-bond donors (Lipinski definition) is 2. The molecule has 4 aromatic rings.